The third-order valence-electron chi connectivity index (χ3n) is 5.34. The van der Waals surface area contributed by atoms with Crippen molar-refractivity contribution in [2.45, 2.75) is 46.6 Å². The van der Waals surface area contributed by atoms with Crippen molar-refractivity contribution in [3.8, 4) is 11.3 Å². The highest BCUT2D eigenvalue weighted by molar-refractivity contribution is 7.20. The number of hydrogen-bond acceptors (Lipinski definition) is 6. The Morgan fingerprint density at radius 3 is 2.59 bits per heavy atom. The number of rotatable bonds is 5. The van der Waals surface area contributed by atoms with Crippen LogP contribution in [0.2, 0.25) is 0 Å². The summed E-state index contributed by atoms with van der Waals surface area (Å²) >= 11 is 1.59. The Morgan fingerprint density at radius 1 is 1.19 bits per heavy atom. The van der Waals surface area contributed by atoms with Crippen molar-refractivity contribution in [1.82, 2.24) is 24.8 Å². The standard InChI is InChI=1S/C23H33N7OS/c1-6-10-24-20(31)28-11-13-29(14-12-28)22-27-30-19(26-23(3,4)5)18(25-21(30)32-22)17-9-7-8-16(2)15-17/h7-9,15,26H,6,10-14H2,1-5H3,(H,24,31). The highest BCUT2D eigenvalue weighted by atomic mass is 32.1. The summed E-state index contributed by atoms with van der Waals surface area (Å²) in [6.07, 6.45) is 0.945. The first kappa shape index (κ1) is 22.4. The molecule has 1 fully saturated rings. The van der Waals surface area contributed by atoms with Gasteiger partial charge < -0.3 is 20.4 Å². The van der Waals surface area contributed by atoms with Gasteiger partial charge in [-0.2, -0.15) is 4.52 Å². The first-order valence-electron chi connectivity index (χ1n) is 11.3. The Labute approximate surface area is 193 Å². The van der Waals surface area contributed by atoms with Crippen LogP contribution in [0.5, 0.6) is 0 Å². The topological polar surface area (TPSA) is 77.8 Å². The first-order valence-corrected chi connectivity index (χ1v) is 12.1. The van der Waals surface area contributed by atoms with E-state index in [1.807, 2.05) is 9.42 Å². The summed E-state index contributed by atoms with van der Waals surface area (Å²) in [6.45, 7) is 14.2. The minimum atomic E-state index is -0.129. The van der Waals surface area contributed by atoms with Gasteiger partial charge in [-0.05, 0) is 40.2 Å². The molecule has 0 unspecified atom stereocenters. The van der Waals surface area contributed by atoms with Gasteiger partial charge in [0.05, 0.1) is 0 Å². The Balaban J connectivity index is 1.59. The summed E-state index contributed by atoms with van der Waals surface area (Å²) in [5.74, 6) is 0.915. The van der Waals surface area contributed by atoms with Gasteiger partial charge in [0.15, 0.2) is 5.82 Å². The van der Waals surface area contributed by atoms with Gasteiger partial charge in [0.25, 0.3) is 0 Å². The zero-order valence-corrected chi connectivity index (χ0v) is 20.4. The minimum absolute atomic E-state index is 0.0277. The van der Waals surface area contributed by atoms with Gasteiger partial charge in [0, 0.05) is 43.8 Å². The van der Waals surface area contributed by atoms with Crippen LogP contribution in [-0.4, -0.2) is 63.8 Å². The Hall–Kier alpha value is -2.81. The molecule has 0 radical (unpaired) electrons. The van der Waals surface area contributed by atoms with Gasteiger partial charge in [-0.15, -0.1) is 5.10 Å². The zero-order chi connectivity index (χ0) is 22.9. The molecule has 2 amide bonds. The number of piperazine rings is 1. The van der Waals surface area contributed by atoms with E-state index in [4.69, 9.17) is 10.1 Å². The molecule has 1 aliphatic heterocycles. The lowest BCUT2D eigenvalue weighted by molar-refractivity contribution is 0.194. The van der Waals surface area contributed by atoms with Crippen LogP contribution in [0, 0.1) is 6.92 Å². The zero-order valence-electron chi connectivity index (χ0n) is 19.6. The van der Waals surface area contributed by atoms with Crippen molar-refractivity contribution in [2.75, 3.05) is 42.9 Å². The maximum absolute atomic E-state index is 12.2. The predicted octanol–water partition coefficient (Wildman–Crippen LogP) is 4.22. The molecular formula is C23H33N7OS. The van der Waals surface area contributed by atoms with Crippen molar-refractivity contribution in [2.24, 2.45) is 0 Å². The summed E-state index contributed by atoms with van der Waals surface area (Å²) in [5.41, 5.74) is 3.08. The van der Waals surface area contributed by atoms with Crippen molar-refractivity contribution < 1.29 is 4.79 Å². The average Bonchev–Trinajstić information content (AvgIpc) is 3.30. The maximum Gasteiger partial charge on any atom is 0.317 e. The van der Waals surface area contributed by atoms with Crippen LogP contribution in [0.15, 0.2) is 24.3 Å². The maximum atomic E-state index is 12.2. The van der Waals surface area contributed by atoms with Gasteiger partial charge in [-0.1, -0.05) is 42.0 Å². The molecule has 1 aromatic carbocycles. The fraction of sp³-hybridized carbons (Fsp3) is 0.522. The van der Waals surface area contributed by atoms with Gasteiger partial charge in [-0.25, -0.2) is 9.78 Å². The number of carbonyl (C=O) groups is 1. The molecule has 0 atom stereocenters. The lowest BCUT2D eigenvalue weighted by Gasteiger charge is -2.34. The van der Waals surface area contributed by atoms with Crippen molar-refractivity contribution in [3.05, 3.63) is 29.8 Å². The minimum Gasteiger partial charge on any atom is -0.364 e. The van der Waals surface area contributed by atoms with E-state index in [-0.39, 0.29) is 11.6 Å². The van der Waals surface area contributed by atoms with Crippen LogP contribution in [0.3, 0.4) is 0 Å². The molecule has 8 nitrogen and oxygen atoms in total. The number of nitrogens with one attached hydrogen (secondary N) is 2. The Morgan fingerprint density at radius 2 is 1.94 bits per heavy atom. The van der Waals surface area contributed by atoms with E-state index >= 15 is 0 Å². The molecule has 172 valence electrons. The molecular weight excluding hydrogens is 422 g/mol. The summed E-state index contributed by atoms with van der Waals surface area (Å²) in [5, 5.41) is 12.4. The lowest BCUT2D eigenvalue weighted by atomic mass is 10.1. The van der Waals surface area contributed by atoms with E-state index in [2.05, 4.69) is 74.4 Å². The smallest absolute Gasteiger partial charge is 0.317 e. The fourth-order valence-electron chi connectivity index (χ4n) is 3.77. The number of imidazole rings is 1. The van der Waals surface area contributed by atoms with Gasteiger partial charge >= 0.3 is 6.03 Å². The van der Waals surface area contributed by atoms with E-state index in [1.165, 1.54) is 5.56 Å². The van der Waals surface area contributed by atoms with E-state index in [1.54, 1.807) is 11.3 Å². The molecule has 1 aliphatic rings. The van der Waals surface area contributed by atoms with Crippen LogP contribution in [0.1, 0.15) is 39.7 Å². The first-order chi connectivity index (χ1) is 15.2. The fourth-order valence-corrected chi connectivity index (χ4v) is 4.72. The SMILES string of the molecule is CCCNC(=O)N1CCN(c2nn3c(NC(C)(C)C)c(-c4cccc(C)c4)nc3s2)CC1. The molecule has 0 aliphatic carbocycles. The summed E-state index contributed by atoms with van der Waals surface area (Å²) in [6, 6.07) is 8.44. The van der Waals surface area contributed by atoms with Gasteiger partial charge in [0.2, 0.25) is 10.1 Å². The third kappa shape index (κ3) is 4.82. The highest BCUT2D eigenvalue weighted by Gasteiger charge is 2.26. The number of fused-ring (bicyclic) bond motifs is 1. The molecule has 4 rings (SSSR count). The van der Waals surface area contributed by atoms with E-state index in [0.717, 1.165) is 53.2 Å². The normalized spacial score (nSPS) is 14.8. The number of carbonyl (C=O) groups excluding carboxylic acids is 1. The van der Waals surface area contributed by atoms with Gasteiger partial charge in [-0.3, -0.25) is 0 Å². The van der Waals surface area contributed by atoms with Gasteiger partial charge in [0.1, 0.15) is 5.69 Å². The van der Waals surface area contributed by atoms with E-state index in [0.29, 0.717) is 13.1 Å². The summed E-state index contributed by atoms with van der Waals surface area (Å²) in [7, 11) is 0. The molecule has 2 N–H and O–H groups in total. The Bertz CT molecular complexity index is 1090. The van der Waals surface area contributed by atoms with Crippen molar-refractivity contribution in [1.29, 1.82) is 0 Å². The van der Waals surface area contributed by atoms with Crippen molar-refractivity contribution >= 4 is 33.3 Å². The number of anilines is 2. The second kappa shape index (κ2) is 8.97. The monoisotopic (exact) mass is 455 g/mol. The molecule has 0 spiro atoms. The number of amides is 2. The van der Waals surface area contributed by atoms with Crippen LogP contribution >= 0.6 is 11.3 Å². The molecule has 9 heteroatoms. The molecule has 3 heterocycles. The number of aromatic nitrogens is 3. The molecule has 2 aromatic heterocycles. The summed E-state index contributed by atoms with van der Waals surface area (Å²) < 4.78 is 1.93. The average molecular weight is 456 g/mol. The number of benzene rings is 1. The third-order valence-corrected chi connectivity index (χ3v) is 6.31. The van der Waals surface area contributed by atoms with Crippen LogP contribution in [0.4, 0.5) is 15.7 Å². The number of hydrogen-bond donors (Lipinski definition) is 2. The molecule has 0 saturated carbocycles. The predicted molar refractivity (Wildman–Crippen MR) is 132 cm³/mol. The van der Waals surface area contributed by atoms with Crippen LogP contribution < -0.4 is 15.5 Å². The lowest BCUT2D eigenvalue weighted by Crippen LogP contribution is -2.52. The second-order valence-electron chi connectivity index (χ2n) is 9.34. The van der Waals surface area contributed by atoms with Crippen molar-refractivity contribution in [3.63, 3.8) is 0 Å². The quantitative estimate of drug-likeness (QED) is 0.602. The highest BCUT2D eigenvalue weighted by Crippen LogP contribution is 2.35. The second-order valence-corrected chi connectivity index (χ2v) is 10.3. The van der Waals surface area contributed by atoms with E-state index in [9.17, 15) is 4.79 Å². The molecule has 3 aromatic rings. The van der Waals surface area contributed by atoms with Crippen LogP contribution in [0.25, 0.3) is 16.2 Å². The number of urea groups is 1. The molecule has 0 bridgehead atoms. The largest absolute Gasteiger partial charge is 0.364 e. The summed E-state index contributed by atoms with van der Waals surface area (Å²) in [4.78, 5) is 22.2. The number of aryl methyl sites for hydroxylation is 1. The number of nitrogens with zero attached hydrogens (tertiary/aromatic N) is 5. The van der Waals surface area contributed by atoms with Crippen LogP contribution in [-0.2, 0) is 0 Å². The molecule has 1 saturated heterocycles. The molecule has 32 heavy (non-hydrogen) atoms. The Kier molecular flexibility index (Phi) is 6.28. The van der Waals surface area contributed by atoms with E-state index < -0.39 is 0 Å².